The van der Waals surface area contributed by atoms with Crippen LogP contribution in [0.4, 0.5) is 0 Å². The van der Waals surface area contributed by atoms with E-state index in [1.54, 1.807) is 31.4 Å². The van der Waals surface area contributed by atoms with Crippen LogP contribution < -0.4 is 20.3 Å². The molecule has 1 unspecified atom stereocenters. The van der Waals surface area contributed by atoms with Gasteiger partial charge in [0.05, 0.1) is 31.2 Å². The zero-order valence-electron chi connectivity index (χ0n) is 17.6. The number of hydrogen-bond donors (Lipinski definition) is 1. The molecule has 0 bridgehead atoms. The summed E-state index contributed by atoms with van der Waals surface area (Å²) >= 11 is 0. The van der Waals surface area contributed by atoms with Crippen LogP contribution in [0.25, 0.3) is 10.9 Å². The minimum atomic E-state index is -0.257. The number of rotatable bonds is 8. The van der Waals surface area contributed by atoms with Crippen LogP contribution in [-0.2, 0) is 11.3 Å². The molecule has 0 fully saturated rings. The molecule has 158 valence electrons. The van der Waals surface area contributed by atoms with Gasteiger partial charge in [-0.15, -0.1) is 5.10 Å². The highest BCUT2D eigenvalue weighted by Crippen LogP contribution is 2.31. The number of aromatic nitrogens is 3. The molecule has 2 aromatic carbocycles. The van der Waals surface area contributed by atoms with E-state index in [4.69, 9.17) is 9.47 Å². The fourth-order valence-corrected chi connectivity index (χ4v) is 3.08. The van der Waals surface area contributed by atoms with Crippen molar-refractivity contribution >= 4 is 16.8 Å². The van der Waals surface area contributed by atoms with Gasteiger partial charge in [0.25, 0.3) is 5.56 Å². The number of nitrogens with zero attached hydrogens (tertiary/aromatic N) is 3. The van der Waals surface area contributed by atoms with Gasteiger partial charge in [-0.2, -0.15) is 0 Å². The molecule has 1 heterocycles. The Hall–Kier alpha value is -3.42. The minimum Gasteiger partial charge on any atom is -0.493 e. The second-order valence-corrected chi connectivity index (χ2v) is 7.25. The molecule has 30 heavy (non-hydrogen) atoms. The molecule has 8 heteroatoms. The minimum absolute atomic E-state index is 0.0310. The Labute approximate surface area is 174 Å². The quantitative estimate of drug-likeness (QED) is 0.614. The molecular weight excluding hydrogens is 384 g/mol. The van der Waals surface area contributed by atoms with E-state index >= 15 is 0 Å². The van der Waals surface area contributed by atoms with E-state index in [0.717, 1.165) is 5.56 Å². The van der Waals surface area contributed by atoms with Crippen LogP contribution in [0.5, 0.6) is 11.5 Å². The summed E-state index contributed by atoms with van der Waals surface area (Å²) in [6, 6.07) is 12.3. The van der Waals surface area contributed by atoms with Gasteiger partial charge in [-0.1, -0.05) is 23.4 Å². The van der Waals surface area contributed by atoms with Crippen molar-refractivity contribution in [2.24, 2.45) is 0 Å². The molecule has 1 N–H and O–H groups in total. The van der Waals surface area contributed by atoms with Gasteiger partial charge in [-0.25, -0.2) is 4.68 Å². The zero-order valence-corrected chi connectivity index (χ0v) is 17.6. The lowest BCUT2D eigenvalue weighted by molar-refractivity contribution is -0.122. The third-order valence-electron chi connectivity index (χ3n) is 4.61. The van der Waals surface area contributed by atoms with E-state index in [9.17, 15) is 9.59 Å². The van der Waals surface area contributed by atoms with Crippen molar-refractivity contribution in [3.05, 3.63) is 58.4 Å². The molecule has 0 aliphatic rings. The van der Waals surface area contributed by atoms with Crippen molar-refractivity contribution in [1.82, 2.24) is 20.3 Å². The summed E-state index contributed by atoms with van der Waals surface area (Å²) in [7, 11) is 1.58. The highest BCUT2D eigenvalue weighted by Gasteiger charge is 2.14. The SMILES string of the molecule is COc1cc(C(C)NC(=O)CCn2nnc3ccccc3c2=O)ccc1OC(C)C. The summed E-state index contributed by atoms with van der Waals surface area (Å²) in [5, 5.41) is 11.4. The van der Waals surface area contributed by atoms with Crippen molar-refractivity contribution in [3.8, 4) is 11.5 Å². The Kier molecular flexibility index (Phi) is 6.66. The van der Waals surface area contributed by atoms with Gasteiger partial charge in [0, 0.05) is 6.42 Å². The molecule has 1 aromatic heterocycles. The van der Waals surface area contributed by atoms with E-state index < -0.39 is 0 Å². The molecule has 0 saturated carbocycles. The summed E-state index contributed by atoms with van der Waals surface area (Å²) in [4.78, 5) is 24.9. The Morgan fingerprint density at radius 3 is 2.63 bits per heavy atom. The van der Waals surface area contributed by atoms with Gasteiger partial charge >= 0.3 is 0 Å². The standard InChI is InChI=1S/C22H26N4O4/c1-14(2)30-19-10-9-16(13-20(19)29-4)15(3)23-21(27)11-12-26-22(28)17-7-5-6-8-18(17)24-25-26/h5-10,13-15H,11-12H2,1-4H3,(H,23,27). The second kappa shape index (κ2) is 9.39. The predicted molar refractivity (Wildman–Crippen MR) is 114 cm³/mol. The molecule has 3 aromatic rings. The monoisotopic (exact) mass is 410 g/mol. The number of fused-ring (bicyclic) bond motifs is 1. The molecule has 0 radical (unpaired) electrons. The fourth-order valence-electron chi connectivity index (χ4n) is 3.08. The second-order valence-electron chi connectivity index (χ2n) is 7.25. The number of benzene rings is 2. The van der Waals surface area contributed by atoms with Crippen molar-refractivity contribution in [2.75, 3.05) is 7.11 Å². The highest BCUT2D eigenvalue weighted by molar-refractivity contribution is 5.77. The van der Waals surface area contributed by atoms with Gasteiger partial charge < -0.3 is 14.8 Å². The fraction of sp³-hybridized carbons (Fsp3) is 0.364. The van der Waals surface area contributed by atoms with Crippen LogP contribution in [0.2, 0.25) is 0 Å². The van der Waals surface area contributed by atoms with Gasteiger partial charge in [0.15, 0.2) is 11.5 Å². The van der Waals surface area contributed by atoms with Crippen LogP contribution in [0.1, 0.15) is 38.8 Å². The van der Waals surface area contributed by atoms with E-state index in [2.05, 4.69) is 15.6 Å². The molecule has 0 saturated heterocycles. The van der Waals surface area contributed by atoms with Crippen molar-refractivity contribution in [3.63, 3.8) is 0 Å². The van der Waals surface area contributed by atoms with Crippen LogP contribution in [0.15, 0.2) is 47.3 Å². The van der Waals surface area contributed by atoms with Gasteiger partial charge in [0.2, 0.25) is 5.91 Å². The zero-order chi connectivity index (χ0) is 21.7. The number of aryl methyl sites for hydroxylation is 1. The van der Waals surface area contributed by atoms with Crippen LogP contribution in [0, 0.1) is 0 Å². The Morgan fingerprint density at radius 2 is 1.90 bits per heavy atom. The molecule has 1 atom stereocenters. The highest BCUT2D eigenvalue weighted by atomic mass is 16.5. The maximum atomic E-state index is 12.5. The van der Waals surface area contributed by atoms with E-state index in [1.807, 2.05) is 39.0 Å². The third kappa shape index (κ3) is 4.94. The number of ether oxygens (including phenoxy) is 2. The first kappa shape index (κ1) is 21.3. The Balaban J connectivity index is 1.64. The Morgan fingerprint density at radius 1 is 1.13 bits per heavy atom. The van der Waals surface area contributed by atoms with E-state index in [-0.39, 0.29) is 36.6 Å². The molecule has 0 aliphatic carbocycles. The lowest BCUT2D eigenvalue weighted by atomic mass is 10.1. The molecular formula is C22H26N4O4. The summed E-state index contributed by atoms with van der Waals surface area (Å²) < 4.78 is 12.3. The maximum absolute atomic E-state index is 12.5. The summed E-state index contributed by atoms with van der Waals surface area (Å²) in [5.74, 6) is 1.08. The first-order valence-electron chi connectivity index (χ1n) is 9.85. The average molecular weight is 410 g/mol. The topological polar surface area (TPSA) is 95.3 Å². The number of carbonyl (C=O) groups excluding carboxylic acids is 1. The van der Waals surface area contributed by atoms with E-state index in [0.29, 0.717) is 22.4 Å². The summed E-state index contributed by atoms with van der Waals surface area (Å²) in [6.45, 7) is 5.93. The van der Waals surface area contributed by atoms with E-state index in [1.165, 1.54) is 4.68 Å². The lowest BCUT2D eigenvalue weighted by Gasteiger charge is -2.18. The number of hydrogen-bond acceptors (Lipinski definition) is 6. The van der Waals surface area contributed by atoms with Gasteiger partial charge in [-0.05, 0) is 50.6 Å². The predicted octanol–water partition coefficient (Wildman–Crippen LogP) is 2.85. The summed E-state index contributed by atoms with van der Waals surface area (Å²) in [6.07, 6.45) is 0.145. The molecule has 0 spiro atoms. The number of carbonyl (C=O) groups is 1. The third-order valence-corrected chi connectivity index (χ3v) is 4.61. The normalized spacial score (nSPS) is 12.0. The molecule has 0 aliphatic heterocycles. The van der Waals surface area contributed by atoms with Crippen LogP contribution in [0.3, 0.4) is 0 Å². The molecule has 1 amide bonds. The largest absolute Gasteiger partial charge is 0.493 e. The average Bonchev–Trinajstić information content (AvgIpc) is 2.73. The lowest BCUT2D eigenvalue weighted by Crippen LogP contribution is -2.30. The van der Waals surface area contributed by atoms with Crippen LogP contribution >= 0.6 is 0 Å². The van der Waals surface area contributed by atoms with Crippen molar-refractivity contribution < 1.29 is 14.3 Å². The smallest absolute Gasteiger partial charge is 0.277 e. The first-order chi connectivity index (χ1) is 14.4. The number of amides is 1. The first-order valence-corrected chi connectivity index (χ1v) is 9.85. The summed E-state index contributed by atoms with van der Waals surface area (Å²) in [5.41, 5.74) is 1.17. The Bertz CT molecular complexity index is 1090. The molecule has 8 nitrogen and oxygen atoms in total. The van der Waals surface area contributed by atoms with Gasteiger partial charge in [0.1, 0.15) is 5.52 Å². The van der Waals surface area contributed by atoms with Crippen LogP contribution in [-0.4, -0.2) is 34.1 Å². The number of methoxy groups -OCH3 is 1. The molecule has 3 rings (SSSR count). The van der Waals surface area contributed by atoms with Gasteiger partial charge in [-0.3, -0.25) is 9.59 Å². The van der Waals surface area contributed by atoms with Crippen molar-refractivity contribution in [1.29, 1.82) is 0 Å². The number of nitrogens with one attached hydrogen (secondary N) is 1. The van der Waals surface area contributed by atoms with Crippen molar-refractivity contribution in [2.45, 2.75) is 45.9 Å². The maximum Gasteiger partial charge on any atom is 0.277 e.